The van der Waals surface area contributed by atoms with E-state index in [-0.39, 0.29) is 50.2 Å². The van der Waals surface area contributed by atoms with Crippen LogP contribution in [0.25, 0.3) is 49.7 Å². The molecule has 0 saturated carbocycles. The van der Waals surface area contributed by atoms with Crippen LogP contribution in [0.5, 0.6) is 0 Å². The van der Waals surface area contributed by atoms with Gasteiger partial charge in [0.1, 0.15) is 0 Å². The molecule has 3 heterocycles. The first-order valence-corrected chi connectivity index (χ1v) is 27.2. The molecule has 2 nitrogen and oxygen atoms in total. The van der Waals surface area contributed by atoms with Gasteiger partial charge in [-0.25, -0.2) is 0 Å². The van der Waals surface area contributed by atoms with Gasteiger partial charge in [-0.2, -0.15) is 0 Å². The first-order chi connectivity index (χ1) is 32.6. The third-order valence-electron chi connectivity index (χ3n) is 20.3. The van der Waals surface area contributed by atoms with E-state index in [1.54, 1.807) is 5.56 Å². The average Bonchev–Trinajstić information content (AvgIpc) is 3.75. The maximum Gasteiger partial charge on any atom is 0.333 e. The third kappa shape index (κ3) is 5.65. The molecule has 0 atom stereocenters. The molecule has 4 aliphatic carbocycles. The van der Waals surface area contributed by atoms with Crippen LogP contribution < -0.4 is 15.7 Å². The maximum absolute atomic E-state index is 2.85. The summed E-state index contributed by atoms with van der Waals surface area (Å²) < 4.78 is 2.84. The molecule has 6 aliphatic rings. The lowest BCUT2D eigenvalue weighted by atomic mass is 9.42. The molecule has 0 unspecified atom stereocenters. The highest BCUT2D eigenvalue weighted by Crippen LogP contribution is 2.62. The Kier molecular flexibility index (Phi) is 8.55. The summed E-state index contributed by atoms with van der Waals surface area (Å²) in [5, 5.41) is 2.89. The summed E-state index contributed by atoms with van der Waals surface area (Å²) in [5.74, 6) is 0. The van der Waals surface area contributed by atoms with E-state index in [4.69, 9.17) is 0 Å². The minimum atomic E-state index is -0.235. The molecular weight excluding hydrogens is 844 g/mol. The Labute approximate surface area is 420 Å². The average molecular weight is 921 g/mol. The van der Waals surface area contributed by atoms with Gasteiger partial charge < -0.3 is 9.38 Å². The van der Waals surface area contributed by atoms with Gasteiger partial charge >= 0.3 is 6.85 Å². The van der Waals surface area contributed by atoms with Crippen molar-refractivity contribution in [1.29, 1.82) is 0 Å². The van der Waals surface area contributed by atoms with Crippen LogP contribution in [0, 0.1) is 0 Å². The van der Waals surface area contributed by atoms with E-state index in [9.17, 15) is 0 Å². The van der Waals surface area contributed by atoms with Crippen molar-refractivity contribution < 1.29 is 0 Å². The molecule has 358 valence electrons. The molecule has 0 saturated heterocycles. The number of aromatic nitrogens is 1. The van der Waals surface area contributed by atoms with Crippen molar-refractivity contribution in [2.75, 3.05) is 4.81 Å². The Morgan fingerprint density at radius 2 is 0.957 bits per heavy atom. The van der Waals surface area contributed by atoms with E-state index in [0.29, 0.717) is 0 Å². The number of anilines is 2. The van der Waals surface area contributed by atoms with E-state index < -0.39 is 0 Å². The molecule has 7 aromatic rings. The normalized spacial score (nSPS) is 21.6. The molecule has 6 aromatic carbocycles. The van der Waals surface area contributed by atoms with Gasteiger partial charge in [-0.05, 0) is 197 Å². The monoisotopic (exact) mass is 921 g/mol. The Morgan fingerprint density at radius 1 is 0.471 bits per heavy atom. The summed E-state index contributed by atoms with van der Waals surface area (Å²) in [6.45, 7) is 42.3. The second-order valence-electron chi connectivity index (χ2n) is 28.9. The van der Waals surface area contributed by atoms with Crippen molar-refractivity contribution >= 4 is 51.0 Å². The van der Waals surface area contributed by atoms with E-state index in [2.05, 4.69) is 212 Å². The van der Waals surface area contributed by atoms with Crippen LogP contribution in [0.3, 0.4) is 0 Å². The molecule has 13 rings (SSSR count). The number of rotatable bonds is 1. The lowest BCUT2D eigenvalue weighted by Crippen LogP contribution is -2.61. The number of fused-ring (bicyclic) bond motifs is 16. The van der Waals surface area contributed by atoms with Gasteiger partial charge in [-0.15, -0.1) is 0 Å². The van der Waals surface area contributed by atoms with Crippen molar-refractivity contribution in [3.63, 3.8) is 0 Å². The van der Waals surface area contributed by atoms with Crippen molar-refractivity contribution in [2.24, 2.45) is 0 Å². The fraction of sp³-hybridized carbons (Fsp3) is 0.463. The number of benzene rings is 6. The molecule has 3 heteroatoms. The summed E-state index contributed by atoms with van der Waals surface area (Å²) in [5.41, 5.74) is 29.3. The zero-order valence-electron chi connectivity index (χ0n) is 45.8. The fourth-order valence-corrected chi connectivity index (χ4v) is 15.4. The lowest BCUT2D eigenvalue weighted by Gasteiger charge is -2.48. The standard InChI is InChI=1S/C67H77BN2/c1-60(2,3)38-22-24-39(25-23-38)70-52-36-48-45(62(6,7)27-30-65(48,12)13)33-42(52)56-57-54(40-20-18-19-21-43(40)67(57,16)17)55-41-32-44-47(64(10,11)29-26-61(44,4)5)35-51(41)69-53-37-49-46(63(8,9)28-31-66(49,14)15)34-50(53)68(70)58(56)59(55)69/h18-25,32-37H,26-31H2,1-17H3. The van der Waals surface area contributed by atoms with Gasteiger partial charge in [0.2, 0.25) is 0 Å². The predicted octanol–water partition coefficient (Wildman–Crippen LogP) is 16.7. The molecule has 0 amide bonds. The Bertz CT molecular complexity index is 3500. The van der Waals surface area contributed by atoms with Crippen molar-refractivity contribution in [2.45, 2.75) is 200 Å². The van der Waals surface area contributed by atoms with Crippen molar-refractivity contribution in [3.05, 3.63) is 135 Å². The highest BCUT2D eigenvalue weighted by molar-refractivity contribution is 6.94. The number of nitrogens with zero attached hydrogens (tertiary/aromatic N) is 2. The van der Waals surface area contributed by atoms with Crippen molar-refractivity contribution in [1.82, 2.24) is 4.57 Å². The number of hydrogen-bond donors (Lipinski definition) is 0. The van der Waals surface area contributed by atoms with Crippen LogP contribution in [0.1, 0.15) is 206 Å². The van der Waals surface area contributed by atoms with Crippen LogP contribution in [-0.2, 0) is 43.3 Å². The highest BCUT2D eigenvalue weighted by atomic mass is 15.1. The molecule has 2 aliphatic heterocycles. The van der Waals surface area contributed by atoms with E-state index in [0.717, 1.165) is 0 Å². The second kappa shape index (κ2) is 13.3. The summed E-state index contributed by atoms with van der Waals surface area (Å²) in [6, 6.07) is 35.7. The quantitative estimate of drug-likeness (QED) is 0.149. The topological polar surface area (TPSA) is 8.17 Å². The minimum Gasteiger partial charge on any atom is -0.376 e. The SMILES string of the molecule is CC(C)(C)c1ccc(N2B3c4cc5c(cc4-n4c6cc7c(cc6c6c8c(c(c3c64)-c3cc4c(cc32)C(C)(C)CCC4(C)C)C(C)(C)c2ccccc2-8)C(C)(C)CCC7(C)C)C(C)(C)CCC5(C)C)cc1. The Hall–Kier alpha value is -5.02. The van der Waals surface area contributed by atoms with E-state index in [1.807, 2.05) is 0 Å². The van der Waals surface area contributed by atoms with Gasteiger partial charge in [0.15, 0.2) is 0 Å². The van der Waals surface area contributed by atoms with E-state index in [1.165, 1.54) is 155 Å². The molecule has 1 aromatic heterocycles. The van der Waals surface area contributed by atoms with Crippen LogP contribution in [0.15, 0.2) is 84.9 Å². The molecule has 0 bridgehead atoms. The van der Waals surface area contributed by atoms with Crippen molar-refractivity contribution in [3.8, 4) is 27.9 Å². The molecule has 70 heavy (non-hydrogen) atoms. The van der Waals surface area contributed by atoms with Gasteiger partial charge in [-0.1, -0.05) is 160 Å². The minimum absolute atomic E-state index is 0.0467. The second-order valence-corrected chi connectivity index (χ2v) is 28.9. The van der Waals surface area contributed by atoms with Crippen LogP contribution in [0.4, 0.5) is 11.4 Å². The van der Waals surface area contributed by atoms with Gasteiger partial charge in [0.05, 0.1) is 11.0 Å². The predicted molar refractivity (Wildman–Crippen MR) is 302 cm³/mol. The largest absolute Gasteiger partial charge is 0.376 e. The van der Waals surface area contributed by atoms with Gasteiger partial charge in [0.25, 0.3) is 0 Å². The molecule has 0 radical (unpaired) electrons. The van der Waals surface area contributed by atoms with E-state index >= 15 is 0 Å². The van der Waals surface area contributed by atoms with Gasteiger partial charge in [-0.3, -0.25) is 0 Å². The number of hydrogen-bond acceptors (Lipinski definition) is 1. The summed E-state index contributed by atoms with van der Waals surface area (Å²) in [4.78, 5) is 2.85. The first kappa shape index (κ1) is 44.9. The third-order valence-corrected chi connectivity index (χ3v) is 20.3. The molecule has 0 N–H and O–H groups in total. The zero-order chi connectivity index (χ0) is 49.6. The Morgan fingerprint density at radius 3 is 1.51 bits per heavy atom. The van der Waals surface area contributed by atoms with Gasteiger partial charge in [0, 0.05) is 38.8 Å². The molecule has 0 fully saturated rings. The van der Waals surface area contributed by atoms with Crippen LogP contribution in [0.2, 0.25) is 0 Å². The molecular formula is C67H77BN2. The summed E-state index contributed by atoms with van der Waals surface area (Å²) >= 11 is 0. The highest BCUT2D eigenvalue weighted by Gasteiger charge is 2.53. The zero-order valence-corrected chi connectivity index (χ0v) is 45.8. The fourth-order valence-electron chi connectivity index (χ4n) is 15.4. The van der Waals surface area contributed by atoms with Crippen LogP contribution >= 0.6 is 0 Å². The summed E-state index contributed by atoms with van der Waals surface area (Å²) in [6.07, 6.45) is 7.12. The Balaban J connectivity index is 1.30. The first-order valence-electron chi connectivity index (χ1n) is 27.2. The smallest absolute Gasteiger partial charge is 0.333 e. The summed E-state index contributed by atoms with van der Waals surface area (Å²) in [7, 11) is 0. The molecule has 0 spiro atoms. The maximum atomic E-state index is 2.85. The lowest BCUT2D eigenvalue weighted by molar-refractivity contribution is 0.332. The van der Waals surface area contributed by atoms with Crippen LogP contribution in [-0.4, -0.2) is 11.4 Å².